The molecular weight excluding hydrogens is 370 g/mol. The SMILES string of the molecule is CCNCc1ccc(-c2nc(C(=O)N[C@H](C)C3CCCCC3)c(O)c(=O)[nH]2)nc1. The molecule has 1 atom stereocenters. The van der Waals surface area contributed by atoms with Crippen LogP contribution in [0.15, 0.2) is 23.1 Å². The highest BCUT2D eigenvalue weighted by molar-refractivity contribution is 5.95. The zero-order valence-corrected chi connectivity index (χ0v) is 17.0. The Labute approximate surface area is 170 Å². The van der Waals surface area contributed by atoms with E-state index < -0.39 is 17.2 Å². The average molecular weight is 399 g/mol. The largest absolute Gasteiger partial charge is 0.501 e. The average Bonchev–Trinajstić information content (AvgIpc) is 2.75. The molecule has 1 fully saturated rings. The van der Waals surface area contributed by atoms with Crippen LogP contribution < -0.4 is 16.2 Å². The number of hydrogen-bond donors (Lipinski definition) is 4. The van der Waals surface area contributed by atoms with Crippen molar-refractivity contribution in [1.29, 1.82) is 0 Å². The first-order valence-corrected chi connectivity index (χ1v) is 10.3. The van der Waals surface area contributed by atoms with Crippen LogP contribution in [0.2, 0.25) is 0 Å². The molecule has 8 nitrogen and oxygen atoms in total. The van der Waals surface area contributed by atoms with E-state index in [0.717, 1.165) is 24.9 Å². The summed E-state index contributed by atoms with van der Waals surface area (Å²) in [6.45, 7) is 5.53. The fraction of sp³-hybridized carbons (Fsp3) is 0.524. The highest BCUT2D eigenvalue weighted by Gasteiger charge is 2.25. The first kappa shape index (κ1) is 21.0. The summed E-state index contributed by atoms with van der Waals surface area (Å²) in [6.07, 6.45) is 7.40. The number of pyridine rings is 1. The minimum atomic E-state index is -0.760. The van der Waals surface area contributed by atoms with Gasteiger partial charge < -0.3 is 20.7 Å². The van der Waals surface area contributed by atoms with Gasteiger partial charge in [-0.05, 0) is 43.9 Å². The molecule has 0 aliphatic heterocycles. The van der Waals surface area contributed by atoms with Crippen molar-refractivity contribution in [2.75, 3.05) is 6.54 Å². The third kappa shape index (κ3) is 5.20. The zero-order valence-electron chi connectivity index (χ0n) is 17.0. The molecule has 0 radical (unpaired) electrons. The molecule has 156 valence electrons. The van der Waals surface area contributed by atoms with E-state index in [-0.39, 0.29) is 17.6 Å². The number of nitrogens with one attached hydrogen (secondary N) is 3. The smallest absolute Gasteiger partial charge is 0.294 e. The maximum Gasteiger partial charge on any atom is 0.294 e. The molecule has 3 rings (SSSR count). The Bertz CT molecular complexity index is 888. The summed E-state index contributed by atoms with van der Waals surface area (Å²) in [6, 6.07) is 3.56. The molecule has 2 aromatic rings. The lowest BCUT2D eigenvalue weighted by Gasteiger charge is -2.28. The van der Waals surface area contributed by atoms with Gasteiger partial charge in [-0.15, -0.1) is 0 Å². The lowest BCUT2D eigenvalue weighted by molar-refractivity contribution is 0.0911. The first-order chi connectivity index (χ1) is 14.0. The van der Waals surface area contributed by atoms with Gasteiger partial charge >= 0.3 is 0 Å². The highest BCUT2D eigenvalue weighted by Crippen LogP contribution is 2.26. The fourth-order valence-electron chi connectivity index (χ4n) is 3.71. The van der Waals surface area contributed by atoms with Crippen molar-refractivity contribution in [1.82, 2.24) is 25.6 Å². The van der Waals surface area contributed by atoms with Crippen molar-refractivity contribution in [3.8, 4) is 17.3 Å². The molecular formula is C21H29N5O3. The maximum absolute atomic E-state index is 12.7. The minimum Gasteiger partial charge on any atom is -0.501 e. The predicted octanol–water partition coefficient (Wildman–Crippen LogP) is 2.35. The Balaban J connectivity index is 1.79. The van der Waals surface area contributed by atoms with Crippen LogP contribution in [0.5, 0.6) is 5.75 Å². The molecule has 4 N–H and O–H groups in total. The number of amides is 1. The van der Waals surface area contributed by atoms with Crippen molar-refractivity contribution in [2.45, 2.75) is 58.5 Å². The minimum absolute atomic E-state index is 0.0461. The van der Waals surface area contributed by atoms with Crippen molar-refractivity contribution < 1.29 is 9.90 Å². The quantitative estimate of drug-likeness (QED) is 0.567. The molecule has 0 bridgehead atoms. The molecule has 1 aliphatic carbocycles. The van der Waals surface area contributed by atoms with Crippen LogP contribution in [0.3, 0.4) is 0 Å². The van der Waals surface area contributed by atoms with Crippen molar-refractivity contribution >= 4 is 5.91 Å². The second-order valence-corrected chi connectivity index (χ2v) is 7.60. The normalized spacial score (nSPS) is 15.8. The summed E-state index contributed by atoms with van der Waals surface area (Å²) in [5.41, 5.74) is 0.390. The van der Waals surface area contributed by atoms with Crippen LogP contribution in [-0.4, -0.2) is 38.6 Å². The van der Waals surface area contributed by atoms with E-state index in [4.69, 9.17) is 0 Å². The highest BCUT2D eigenvalue weighted by atomic mass is 16.3. The number of nitrogens with zero attached hydrogens (tertiary/aromatic N) is 2. The van der Waals surface area contributed by atoms with Gasteiger partial charge in [0.2, 0.25) is 5.75 Å². The molecule has 1 aliphatic rings. The third-order valence-corrected chi connectivity index (χ3v) is 5.47. The van der Waals surface area contributed by atoms with E-state index >= 15 is 0 Å². The molecule has 0 spiro atoms. The van der Waals surface area contributed by atoms with E-state index in [1.807, 2.05) is 19.9 Å². The Morgan fingerprint density at radius 1 is 1.31 bits per heavy atom. The molecule has 2 aromatic heterocycles. The number of aromatic amines is 1. The van der Waals surface area contributed by atoms with E-state index in [1.54, 1.807) is 12.3 Å². The van der Waals surface area contributed by atoms with Crippen LogP contribution in [-0.2, 0) is 6.54 Å². The van der Waals surface area contributed by atoms with Gasteiger partial charge in [0.1, 0.15) is 5.69 Å². The lowest BCUT2D eigenvalue weighted by atomic mass is 9.84. The molecule has 1 amide bonds. The van der Waals surface area contributed by atoms with E-state index in [1.165, 1.54) is 19.3 Å². The van der Waals surface area contributed by atoms with Gasteiger partial charge in [0.05, 0.1) is 0 Å². The molecule has 0 unspecified atom stereocenters. The van der Waals surface area contributed by atoms with Gasteiger partial charge in [0.15, 0.2) is 11.5 Å². The van der Waals surface area contributed by atoms with Gasteiger partial charge in [-0.1, -0.05) is 32.3 Å². The van der Waals surface area contributed by atoms with Crippen molar-refractivity contribution in [3.05, 3.63) is 39.9 Å². The second kappa shape index (κ2) is 9.65. The summed E-state index contributed by atoms with van der Waals surface area (Å²) >= 11 is 0. The number of aromatic hydroxyl groups is 1. The molecule has 0 aromatic carbocycles. The van der Waals surface area contributed by atoms with Gasteiger partial charge in [-0.3, -0.25) is 14.6 Å². The van der Waals surface area contributed by atoms with Crippen molar-refractivity contribution in [2.24, 2.45) is 5.92 Å². The third-order valence-electron chi connectivity index (χ3n) is 5.47. The summed E-state index contributed by atoms with van der Waals surface area (Å²) in [4.78, 5) is 35.9. The Morgan fingerprint density at radius 2 is 2.07 bits per heavy atom. The lowest BCUT2D eigenvalue weighted by Crippen LogP contribution is -2.39. The molecule has 8 heteroatoms. The van der Waals surface area contributed by atoms with Crippen LogP contribution >= 0.6 is 0 Å². The Hall–Kier alpha value is -2.74. The van der Waals surface area contributed by atoms with Crippen LogP contribution in [0.25, 0.3) is 11.5 Å². The van der Waals surface area contributed by atoms with E-state index in [0.29, 0.717) is 18.2 Å². The van der Waals surface area contributed by atoms with Crippen LogP contribution in [0.4, 0.5) is 0 Å². The topological polar surface area (TPSA) is 120 Å². The number of hydrogen-bond acceptors (Lipinski definition) is 6. The number of carbonyl (C=O) groups excluding carboxylic acids is 1. The fourth-order valence-corrected chi connectivity index (χ4v) is 3.71. The van der Waals surface area contributed by atoms with Crippen LogP contribution in [0, 0.1) is 5.92 Å². The van der Waals surface area contributed by atoms with E-state index in [2.05, 4.69) is 25.6 Å². The number of aromatic nitrogens is 3. The number of rotatable bonds is 7. The summed E-state index contributed by atoms with van der Waals surface area (Å²) in [5, 5.41) is 16.2. The molecule has 29 heavy (non-hydrogen) atoms. The number of H-pyrrole nitrogens is 1. The van der Waals surface area contributed by atoms with E-state index in [9.17, 15) is 14.7 Å². The predicted molar refractivity (Wildman–Crippen MR) is 111 cm³/mol. The van der Waals surface area contributed by atoms with Gasteiger partial charge in [0.25, 0.3) is 11.5 Å². The summed E-state index contributed by atoms with van der Waals surface area (Å²) in [5.74, 6) is -0.664. The van der Waals surface area contributed by atoms with Gasteiger partial charge in [-0.25, -0.2) is 4.98 Å². The monoisotopic (exact) mass is 399 g/mol. The molecule has 2 heterocycles. The Morgan fingerprint density at radius 3 is 2.72 bits per heavy atom. The second-order valence-electron chi connectivity index (χ2n) is 7.60. The molecule has 1 saturated carbocycles. The zero-order chi connectivity index (χ0) is 20.8. The van der Waals surface area contributed by atoms with Gasteiger partial charge in [-0.2, -0.15) is 0 Å². The van der Waals surface area contributed by atoms with Crippen molar-refractivity contribution in [3.63, 3.8) is 0 Å². The number of carbonyl (C=O) groups is 1. The first-order valence-electron chi connectivity index (χ1n) is 10.3. The van der Waals surface area contributed by atoms with Crippen LogP contribution in [0.1, 0.15) is 62.0 Å². The molecule has 0 saturated heterocycles. The van der Waals surface area contributed by atoms with Gasteiger partial charge in [0, 0.05) is 18.8 Å². The maximum atomic E-state index is 12.7. The summed E-state index contributed by atoms with van der Waals surface area (Å²) < 4.78 is 0. The standard InChI is InChI=1S/C21H29N5O3/c1-3-22-11-14-9-10-16(23-12-14)19-25-17(18(27)21(29)26-19)20(28)24-13(2)15-7-5-4-6-8-15/h9-10,12-13,15,22,27H,3-8,11H2,1-2H3,(H,24,28)(H,25,26,29)/t13-/m1/s1. The Kier molecular flexibility index (Phi) is 6.98. The summed E-state index contributed by atoms with van der Waals surface area (Å²) in [7, 11) is 0.